The van der Waals surface area contributed by atoms with E-state index >= 15 is 0 Å². The molecule has 1 N–H and O–H groups in total. The van der Waals surface area contributed by atoms with Crippen LogP contribution in [-0.4, -0.2) is 16.8 Å². The Kier molecular flexibility index (Phi) is 7.40. The molecule has 1 aromatic heterocycles. The molecule has 0 saturated carbocycles. The Morgan fingerprint density at radius 3 is 2.35 bits per heavy atom. The molecule has 170 valence electrons. The van der Waals surface area contributed by atoms with Crippen LogP contribution in [0.2, 0.25) is 0 Å². The molecule has 1 heterocycles. The zero-order chi connectivity index (χ0) is 23.8. The number of aromatic nitrogens is 1. The number of carbonyl (C=O) groups is 2. The van der Waals surface area contributed by atoms with Gasteiger partial charge < -0.3 is 10.2 Å². The summed E-state index contributed by atoms with van der Waals surface area (Å²) in [4.78, 5) is 31.7. The number of pyridine rings is 1. The lowest BCUT2D eigenvalue weighted by molar-refractivity contribution is -0.120. The van der Waals surface area contributed by atoms with E-state index in [0.717, 1.165) is 16.8 Å². The summed E-state index contributed by atoms with van der Waals surface area (Å²) in [6, 6.07) is 28.1. The van der Waals surface area contributed by atoms with Gasteiger partial charge in [-0.25, -0.2) is 4.39 Å². The molecule has 0 atom stereocenters. The van der Waals surface area contributed by atoms with Gasteiger partial charge in [-0.05, 0) is 53.6 Å². The second-order valence-corrected chi connectivity index (χ2v) is 7.83. The summed E-state index contributed by atoms with van der Waals surface area (Å²) in [5.74, 6) is -0.933. The van der Waals surface area contributed by atoms with Gasteiger partial charge in [0.05, 0.1) is 25.2 Å². The molecule has 0 bridgehead atoms. The number of amides is 2. The number of nitrogens with zero attached hydrogens (tertiary/aromatic N) is 2. The predicted octanol–water partition coefficient (Wildman–Crippen LogP) is 4.93. The molecule has 0 fully saturated rings. The highest BCUT2D eigenvalue weighted by molar-refractivity contribution is 6.06. The Morgan fingerprint density at radius 1 is 0.824 bits per heavy atom. The Balaban J connectivity index is 1.54. The Labute approximate surface area is 197 Å². The standard InChI is InChI=1S/C28H24FN3O2/c29-24-12-7-11-23(18-24)28(34)32(20-21-8-2-1-3-9-21)26-14-6-10-22(16-26)17-27(33)31-19-25-13-4-5-15-30-25/h1-16,18H,17,19-20H2,(H,31,33). The second kappa shape index (κ2) is 11.0. The molecule has 4 rings (SSSR count). The van der Waals surface area contributed by atoms with Gasteiger partial charge in [0, 0.05) is 17.4 Å². The third-order valence-electron chi connectivity index (χ3n) is 5.28. The molecule has 0 saturated heterocycles. The van der Waals surface area contributed by atoms with Crippen molar-refractivity contribution in [2.24, 2.45) is 0 Å². The number of halogens is 1. The van der Waals surface area contributed by atoms with Crippen LogP contribution in [0.1, 0.15) is 27.2 Å². The van der Waals surface area contributed by atoms with Crippen molar-refractivity contribution in [1.82, 2.24) is 10.3 Å². The van der Waals surface area contributed by atoms with E-state index < -0.39 is 5.82 Å². The van der Waals surface area contributed by atoms with E-state index in [4.69, 9.17) is 0 Å². The summed E-state index contributed by atoms with van der Waals surface area (Å²) >= 11 is 0. The van der Waals surface area contributed by atoms with Crippen molar-refractivity contribution in [1.29, 1.82) is 0 Å². The molecule has 0 aliphatic heterocycles. The highest BCUT2D eigenvalue weighted by atomic mass is 19.1. The molecule has 34 heavy (non-hydrogen) atoms. The summed E-state index contributed by atoms with van der Waals surface area (Å²) in [5.41, 5.74) is 3.37. The van der Waals surface area contributed by atoms with Gasteiger partial charge >= 0.3 is 0 Å². The topological polar surface area (TPSA) is 62.3 Å². The third-order valence-corrected chi connectivity index (χ3v) is 5.28. The van der Waals surface area contributed by atoms with Crippen LogP contribution in [-0.2, 0) is 24.3 Å². The van der Waals surface area contributed by atoms with Gasteiger partial charge in [-0.2, -0.15) is 0 Å². The largest absolute Gasteiger partial charge is 0.350 e. The van der Waals surface area contributed by atoms with Gasteiger partial charge in [0.2, 0.25) is 5.91 Å². The number of hydrogen-bond acceptors (Lipinski definition) is 3. The Bertz CT molecular complexity index is 1260. The van der Waals surface area contributed by atoms with Crippen LogP contribution in [0.15, 0.2) is 103 Å². The fourth-order valence-corrected chi connectivity index (χ4v) is 3.60. The molecule has 4 aromatic rings. The SMILES string of the molecule is O=C(Cc1cccc(N(Cc2ccccc2)C(=O)c2cccc(F)c2)c1)NCc1ccccn1. The summed E-state index contributed by atoms with van der Waals surface area (Å²) in [6.45, 7) is 0.656. The number of anilines is 1. The molecule has 0 aliphatic rings. The summed E-state index contributed by atoms with van der Waals surface area (Å²) in [7, 11) is 0. The van der Waals surface area contributed by atoms with Gasteiger partial charge in [-0.15, -0.1) is 0 Å². The normalized spacial score (nSPS) is 10.5. The van der Waals surface area contributed by atoms with Crippen molar-refractivity contribution in [3.05, 3.63) is 131 Å². The smallest absolute Gasteiger partial charge is 0.258 e. The fourth-order valence-electron chi connectivity index (χ4n) is 3.60. The van der Waals surface area contributed by atoms with Gasteiger partial charge in [0.15, 0.2) is 0 Å². The van der Waals surface area contributed by atoms with E-state index in [1.54, 1.807) is 17.2 Å². The van der Waals surface area contributed by atoms with Crippen molar-refractivity contribution in [3.8, 4) is 0 Å². The lowest BCUT2D eigenvalue weighted by Gasteiger charge is -2.24. The van der Waals surface area contributed by atoms with E-state index in [2.05, 4.69) is 10.3 Å². The molecule has 0 spiro atoms. The lowest BCUT2D eigenvalue weighted by atomic mass is 10.1. The minimum atomic E-state index is -0.469. The van der Waals surface area contributed by atoms with E-state index in [1.165, 1.54) is 18.2 Å². The van der Waals surface area contributed by atoms with Crippen LogP contribution in [0.5, 0.6) is 0 Å². The fraction of sp³-hybridized carbons (Fsp3) is 0.107. The van der Waals surface area contributed by atoms with Gasteiger partial charge in [-0.1, -0.05) is 54.6 Å². The van der Waals surface area contributed by atoms with Crippen molar-refractivity contribution >= 4 is 17.5 Å². The van der Waals surface area contributed by atoms with Crippen LogP contribution >= 0.6 is 0 Å². The van der Waals surface area contributed by atoms with Crippen LogP contribution < -0.4 is 10.2 Å². The zero-order valence-electron chi connectivity index (χ0n) is 18.5. The molecular formula is C28H24FN3O2. The minimum Gasteiger partial charge on any atom is -0.350 e. The van der Waals surface area contributed by atoms with Crippen LogP contribution in [0.3, 0.4) is 0 Å². The number of nitrogens with one attached hydrogen (secondary N) is 1. The molecule has 0 unspecified atom stereocenters. The van der Waals surface area contributed by atoms with Gasteiger partial charge in [-0.3, -0.25) is 14.6 Å². The predicted molar refractivity (Wildman–Crippen MR) is 130 cm³/mol. The van der Waals surface area contributed by atoms with E-state index in [0.29, 0.717) is 18.8 Å². The molecule has 0 radical (unpaired) electrons. The van der Waals surface area contributed by atoms with Crippen LogP contribution in [0.25, 0.3) is 0 Å². The molecule has 6 heteroatoms. The van der Waals surface area contributed by atoms with E-state index in [1.807, 2.05) is 72.8 Å². The van der Waals surface area contributed by atoms with Gasteiger partial charge in [0.1, 0.15) is 5.82 Å². The maximum absolute atomic E-state index is 13.8. The average Bonchev–Trinajstić information content (AvgIpc) is 2.87. The molecule has 0 aliphatic carbocycles. The highest BCUT2D eigenvalue weighted by Crippen LogP contribution is 2.22. The number of rotatable bonds is 8. The maximum atomic E-state index is 13.8. The zero-order valence-corrected chi connectivity index (χ0v) is 18.5. The first-order valence-corrected chi connectivity index (χ1v) is 11.0. The van der Waals surface area contributed by atoms with Gasteiger partial charge in [0.25, 0.3) is 5.91 Å². The first-order chi connectivity index (χ1) is 16.6. The second-order valence-electron chi connectivity index (χ2n) is 7.83. The highest BCUT2D eigenvalue weighted by Gasteiger charge is 2.19. The molecule has 5 nitrogen and oxygen atoms in total. The molecular weight excluding hydrogens is 429 g/mol. The van der Waals surface area contributed by atoms with Crippen LogP contribution in [0.4, 0.5) is 10.1 Å². The van der Waals surface area contributed by atoms with Crippen molar-refractivity contribution in [2.75, 3.05) is 4.90 Å². The molecule has 3 aromatic carbocycles. The number of hydrogen-bond donors (Lipinski definition) is 1. The molecule has 2 amide bonds. The third kappa shape index (κ3) is 6.13. The minimum absolute atomic E-state index is 0.145. The monoisotopic (exact) mass is 453 g/mol. The number of benzene rings is 3. The van der Waals surface area contributed by atoms with Crippen molar-refractivity contribution in [2.45, 2.75) is 19.5 Å². The van der Waals surface area contributed by atoms with Crippen molar-refractivity contribution < 1.29 is 14.0 Å². The first kappa shape index (κ1) is 22.9. The van der Waals surface area contributed by atoms with E-state index in [9.17, 15) is 14.0 Å². The van der Waals surface area contributed by atoms with Crippen molar-refractivity contribution in [3.63, 3.8) is 0 Å². The number of carbonyl (C=O) groups excluding carboxylic acids is 2. The Morgan fingerprint density at radius 2 is 1.59 bits per heavy atom. The Hall–Kier alpha value is -4.32. The van der Waals surface area contributed by atoms with Crippen LogP contribution in [0, 0.1) is 5.82 Å². The summed E-state index contributed by atoms with van der Waals surface area (Å²) in [5, 5.41) is 2.87. The summed E-state index contributed by atoms with van der Waals surface area (Å²) < 4.78 is 13.8. The quantitative estimate of drug-likeness (QED) is 0.412. The summed E-state index contributed by atoms with van der Waals surface area (Å²) in [6.07, 6.45) is 1.84. The van der Waals surface area contributed by atoms with E-state index in [-0.39, 0.29) is 23.8 Å². The maximum Gasteiger partial charge on any atom is 0.258 e. The lowest BCUT2D eigenvalue weighted by Crippen LogP contribution is -2.30. The average molecular weight is 454 g/mol. The first-order valence-electron chi connectivity index (χ1n) is 11.0.